The fourth-order valence-corrected chi connectivity index (χ4v) is 4.40. The van der Waals surface area contributed by atoms with Crippen molar-refractivity contribution in [3.8, 4) is 0 Å². The van der Waals surface area contributed by atoms with Crippen molar-refractivity contribution < 1.29 is 13.5 Å². The summed E-state index contributed by atoms with van der Waals surface area (Å²) in [4.78, 5) is -0.0785. The fraction of sp³-hybridized carbons (Fsp3) is 0.500. The van der Waals surface area contributed by atoms with Crippen LogP contribution in [0.2, 0.25) is 10.0 Å². The first kappa shape index (κ1) is 15.1. The van der Waals surface area contributed by atoms with Crippen LogP contribution in [0.4, 0.5) is 0 Å². The van der Waals surface area contributed by atoms with Crippen LogP contribution in [0.3, 0.4) is 0 Å². The molecular formula is C12H15Cl2NO3S. The van der Waals surface area contributed by atoms with E-state index in [-0.39, 0.29) is 27.6 Å². The molecule has 0 atom stereocenters. The highest BCUT2D eigenvalue weighted by atomic mass is 35.5. The third kappa shape index (κ3) is 3.23. The second-order valence-electron chi connectivity index (χ2n) is 4.93. The summed E-state index contributed by atoms with van der Waals surface area (Å²) >= 11 is 11.9. The zero-order valence-electron chi connectivity index (χ0n) is 10.4. The number of aliphatic hydroxyl groups is 1. The van der Waals surface area contributed by atoms with E-state index in [9.17, 15) is 8.42 Å². The van der Waals surface area contributed by atoms with Crippen LogP contribution in [0.15, 0.2) is 17.0 Å². The van der Waals surface area contributed by atoms with Gasteiger partial charge in [-0.2, -0.15) is 0 Å². The normalized spacial score (nSPS) is 23.2. The van der Waals surface area contributed by atoms with Gasteiger partial charge < -0.3 is 5.11 Å². The van der Waals surface area contributed by atoms with Gasteiger partial charge in [0, 0.05) is 11.1 Å². The predicted molar refractivity (Wildman–Crippen MR) is 74.9 cm³/mol. The second-order valence-corrected chi connectivity index (χ2v) is 7.43. The molecule has 0 bridgehead atoms. The molecule has 4 nitrogen and oxygen atoms in total. The quantitative estimate of drug-likeness (QED) is 0.894. The Morgan fingerprint density at radius 2 is 2.00 bits per heavy atom. The van der Waals surface area contributed by atoms with Gasteiger partial charge >= 0.3 is 0 Å². The van der Waals surface area contributed by atoms with Gasteiger partial charge in [0.25, 0.3) is 0 Å². The fourth-order valence-electron chi connectivity index (χ4n) is 2.21. The molecule has 1 aliphatic carbocycles. The van der Waals surface area contributed by atoms with Crippen LogP contribution in [-0.2, 0) is 16.6 Å². The van der Waals surface area contributed by atoms with E-state index in [1.165, 1.54) is 12.1 Å². The molecule has 106 valence electrons. The Balaban J connectivity index is 2.32. The number of hydrogen-bond acceptors (Lipinski definition) is 3. The summed E-state index contributed by atoms with van der Waals surface area (Å²) in [5, 5.41) is 9.40. The second kappa shape index (κ2) is 5.58. The minimum Gasteiger partial charge on any atom is -0.392 e. The largest absolute Gasteiger partial charge is 0.392 e. The summed E-state index contributed by atoms with van der Waals surface area (Å²) in [5.41, 5.74) is 0.302. The van der Waals surface area contributed by atoms with Crippen molar-refractivity contribution in [1.82, 2.24) is 4.72 Å². The first-order valence-electron chi connectivity index (χ1n) is 5.94. The van der Waals surface area contributed by atoms with Gasteiger partial charge in [-0.3, -0.25) is 0 Å². The van der Waals surface area contributed by atoms with Gasteiger partial charge in [-0.1, -0.05) is 30.1 Å². The van der Waals surface area contributed by atoms with E-state index in [1.807, 2.05) is 0 Å². The Hall–Kier alpha value is -0.330. The van der Waals surface area contributed by atoms with Crippen molar-refractivity contribution in [2.24, 2.45) is 5.92 Å². The molecular weight excluding hydrogens is 309 g/mol. The molecule has 1 aromatic carbocycles. The molecule has 1 fully saturated rings. The lowest BCUT2D eigenvalue weighted by molar-refractivity contribution is 0.270. The Morgan fingerprint density at radius 1 is 1.37 bits per heavy atom. The molecule has 1 saturated carbocycles. The van der Waals surface area contributed by atoms with Gasteiger partial charge in [0.15, 0.2) is 0 Å². The first-order chi connectivity index (χ1) is 8.83. The average Bonchev–Trinajstić information content (AvgIpc) is 2.29. The van der Waals surface area contributed by atoms with Gasteiger partial charge in [0.05, 0.1) is 11.6 Å². The zero-order chi connectivity index (χ0) is 14.2. The molecule has 0 unspecified atom stereocenters. The Morgan fingerprint density at radius 3 is 2.53 bits per heavy atom. The summed E-state index contributed by atoms with van der Waals surface area (Å²) in [7, 11) is -3.71. The highest BCUT2D eigenvalue weighted by molar-refractivity contribution is 7.89. The minimum absolute atomic E-state index is 0.0202. The Kier molecular flexibility index (Phi) is 4.42. The van der Waals surface area contributed by atoms with Crippen LogP contribution in [0.1, 0.15) is 25.3 Å². The lowest BCUT2D eigenvalue weighted by Crippen LogP contribution is -2.43. The van der Waals surface area contributed by atoms with E-state index >= 15 is 0 Å². The smallest absolute Gasteiger partial charge is 0.242 e. The van der Waals surface area contributed by atoms with E-state index in [2.05, 4.69) is 11.6 Å². The lowest BCUT2D eigenvalue weighted by Gasteiger charge is -2.33. The van der Waals surface area contributed by atoms with Crippen molar-refractivity contribution in [1.29, 1.82) is 0 Å². The molecule has 7 heteroatoms. The van der Waals surface area contributed by atoms with E-state index in [0.29, 0.717) is 11.5 Å². The molecule has 0 radical (unpaired) electrons. The van der Waals surface area contributed by atoms with E-state index in [0.717, 1.165) is 12.8 Å². The van der Waals surface area contributed by atoms with Crippen LogP contribution in [0, 0.1) is 5.92 Å². The topological polar surface area (TPSA) is 66.4 Å². The maximum atomic E-state index is 12.2. The molecule has 1 aliphatic rings. The number of nitrogens with one attached hydrogen (secondary N) is 1. The summed E-state index contributed by atoms with van der Waals surface area (Å²) in [6, 6.07) is 2.70. The number of aliphatic hydroxyl groups excluding tert-OH is 1. The number of benzene rings is 1. The number of halogens is 2. The maximum absolute atomic E-state index is 12.2. The number of hydrogen-bond donors (Lipinski definition) is 2. The third-order valence-corrected chi connectivity index (χ3v) is 5.56. The van der Waals surface area contributed by atoms with Crippen LogP contribution in [-0.4, -0.2) is 19.6 Å². The number of sulfonamides is 1. The first-order valence-corrected chi connectivity index (χ1v) is 8.18. The van der Waals surface area contributed by atoms with E-state index in [4.69, 9.17) is 28.3 Å². The molecule has 19 heavy (non-hydrogen) atoms. The minimum atomic E-state index is -3.71. The molecule has 0 saturated heterocycles. The molecule has 0 amide bonds. The monoisotopic (exact) mass is 323 g/mol. The lowest BCUT2D eigenvalue weighted by atomic mass is 9.83. The van der Waals surface area contributed by atoms with Gasteiger partial charge in [-0.15, -0.1) is 0 Å². The summed E-state index contributed by atoms with van der Waals surface area (Å²) in [6.45, 7) is 1.71. The molecule has 2 N–H and O–H groups in total. The van der Waals surface area contributed by atoms with Gasteiger partial charge in [0.2, 0.25) is 10.0 Å². The van der Waals surface area contributed by atoms with Crippen molar-refractivity contribution in [2.75, 3.05) is 0 Å². The zero-order valence-corrected chi connectivity index (χ0v) is 12.7. The third-order valence-electron chi connectivity index (χ3n) is 3.23. The number of rotatable bonds is 4. The van der Waals surface area contributed by atoms with Crippen molar-refractivity contribution in [2.45, 2.75) is 37.3 Å². The van der Waals surface area contributed by atoms with Crippen LogP contribution in [0.5, 0.6) is 0 Å². The summed E-state index contributed by atoms with van der Waals surface area (Å²) in [6.07, 6.45) is 1.65. The highest BCUT2D eigenvalue weighted by Gasteiger charge is 2.31. The van der Waals surface area contributed by atoms with Gasteiger partial charge in [-0.25, -0.2) is 13.1 Å². The maximum Gasteiger partial charge on any atom is 0.242 e. The Labute approximate surface area is 122 Å². The van der Waals surface area contributed by atoms with Crippen molar-refractivity contribution in [3.63, 3.8) is 0 Å². The predicted octanol–water partition coefficient (Wildman–Crippen LogP) is 2.56. The standard InChI is InChI=1S/C12H15Cl2NO3S/c1-7-2-10(3-7)15-19(17,18)11-5-9(13)4-8(6-16)12(11)14/h4-5,7,10,15-16H,2-3,6H2,1H3. The summed E-state index contributed by atoms with van der Waals surface area (Å²) in [5.74, 6) is 0.538. The molecule has 0 spiro atoms. The molecule has 0 aromatic heterocycles. The highest BCUT2D eigenvalue weighted by Crippen LogP contribution is 2.32. The SMILES string of the molecule is CC1CC(NS(=O)(=O)c2cc(Cl)cc(CO)c2Cl)C1. The molecule has 2 rings (SSSR count). The van der Waals surface area contributed by atoms with E-state index in [1.54, 1.807) is 0 Å². The molecule has 0 heterocycles. The summed E-state index contributed by atoms with van der Waals surface area (Å²) < 4.78 is 27.1. The van der Waals surface area contributed by atoms with Crippen LogP contribution < -0.4 is 4.72 Å². The van der Waals surface area contributed by atoms with Crippen LogP contribution >= 0.6 is 23.2 Å². The molecule has 0 aliphatic heterocycles. The Bertz CT molecular complexity index is 583. The van der Waals surface area contributed by atoms with Crippen molar-refractivity contribution >= 4 is 33.2 Å². The molecule has 1 aromatic rings. The van der Waals surface area contributed by atoms with Gasteiger partial charge in [0.1, 0.15) is 4.90 Å². The van der Waals surface area contributed by atoms with Crippen molar-refractivity contribution in [3.05, 3.63) is 27.7 Å². The average molecular weight is 324 g/mol. The van der Waals surface area contributed by atoms with Gasteiger partial charge in [-0.05, 0) is 36.5 Å². The van der Waals surface area contributed by atoms with E-state index < -0.39 is 10.0 Å². The van der Waals surface area contributed by atoms with Crippen LogP contribution in [0.25, 0.3) is 0 Å².